The third kappa shape index (κ3) is 4.16. The second-order valence-corrected chi connectivity index (χ2v) is 6.73. The van der Waals surface area contributed by atoms with Crippen molar-refractivity contribution in [1.82, 2.24) is 14.6 Å². The molecule has 5 nitrogen and oxygen atoms in total. The number of fused-ring (bicyclic) bond motifs is 1. The number of nitrogen functional groups attached to an aromatic ring is 1. The third-order valence-corrected chi connectivity index (χ3v) is 4.87. The number of pyridine rings is 1. The van der Waals surface area contributed by atoms with Gasteiger partial charge >= 0.3 is 6.18 Å². The lowest BCUT2D eigenvalue weighted by Gasteiger charge is -2.23. The van der Waals surface area contributed by atoms with E-state index in [0.717, 1.165) is 30.7 Å². The van der Waals surface area contributed by atoms with Crippen molar-refractivity contribution in [2.45, 2.75) is 57.0 Å². The van der Waals surface area contributed by atoms with Gasteiger partial charge in [0.15, 0.2) is 5.65 Å². The molecule has 2 fully saturated rings. The summed E-state index contributed by atoms with van der Waals surface area (Å²) in [7, 11) is 1.68. The zero-order valence-corrected chi connectivity index (χ0v) is 14.2. The summed E-state index contributed by atoms with van der Waals surface area (Å²) in [5.41, 5.74) is 7.64. The molecule has 4 rings (SSSR count). The summed E-state index contributed by atoms with van der Waals surface area (Å²) in [5.74, 6) is 0.930. The van der Waals surface area contributed by atoms with E-state index in [2.05, 4.69) is 10.2 Å². The van der Waals surface area contributed by atoms with Gasteiger partial charge in [-0.25, -0.2) is 0 Å². The molecule has 0 unspecified atom stereocenters. The first kappa shape index (κ1) is 17.8. The van der Waals surface area contributed by atoms with Crippen LogP contribution < -0.4 is 10.5 Å². The number of rotatable bonds is 2. The van der Waals surface area contributed by atoms with Gasteiger partial charge in [0.25, 0.3) is 0 Å². The average Bonchev–Trinajstić information content (AvgIpc) is 3.39. The normalized spacial score (nSPS) is 18.7. The van der Waals surface area contributed by atoms with Crippen LogP contribution in [0, 0.1) is 5.92 Å². The van der Waals surface area contributed by atoms with Crippen LogP contribution in [0.25, 0.3) is 5.65 Å². The zero-order valence-electron chi connectivity index (χ0n) is 14.2. The number of methoxy groups -OCH3 is 1. The number of nitrogens with two attached hydrogens (primary N) is 1. The maximum atomic E-state index is 11.9. The summed E-state index contributed by atoms with van der Waals surface area (Å²) < 4.78 is 43.0. The lowest BCUT2D eigenvalue weighted by atomic mass is 9.89. The molecule has 2 aliphatic carbocycles. The van der Waals surface area contributed by atoms with Gasteiger partial charge in [0.05, 0.1) is 13.0 Å². The monoisotopic (exact) mass is 356 g/mol. The summed E-state index contributed by atoms with van der Waals surface area (Å²) in [6, 6.07) is 1.89. The highest BCUT2D eigenvalue weighted by molar-refractivity contribution is 5.52. The van der Waals surface area contributed by atoms with Crippen LogP contribution in [0.15, 0.2) is 12.3 Å². The van der Waals surface area contributed by atoms with E-state index in [9.17, 15) is 13.2 Å². The molecule has 2 N–H and O–H groups in total. The molecule has 0 amide bonds. The highest BCUT2D eigenvalue weighted by Crippen LogP contribution is 2.44. The van der Waals surface area contributed by atoms with E-state index in [4.69, 9.17) is 10.5 Å². The number of hydrogen-bond acceptors (Lipinski definition) is 4. The Balaban J connectivity index is 0.000000160. The van der Waals surface area contributed by atoms with E-state index in [0.29, 0.717) is 24.7 Å². The molecule has 138 valence electrons. The molecular weight excluding hydrogens is 333 g/mol. The largest absolute Gasteiger partial charge is 0.496 e. The lowest BCUT2D eigenvalue weighted by molar-refractivity contribution is -0.181. The summed E-state index contributed by atoms with van der Waals surface area (Å²) in [4.78, 5) is 0. The van der Waals surface area contributed by atoms with Crippen molar-refractivity contribution in [3.8, 4) is 5.75 Å². The topological polar surface area (TPSA) is 65.4 Å². The second-order valence-electron chi connectivity index (χ2n) is 6.73. The Kier molecular flexibility index (Phi) is 5.06. The number of hydrogen-bond donors (Lipinski definition) is 1. The number of anilines is 1. The highest BCUT2D eigenvalue weighted by atomic mass is 19.4. The Morgan fingerprint density at radius 3 is 2.32 bits per heavy atom. The minimum absolute atomic E-state index is 0.351. The van der Waals surface area contributed by atoms with Crippen molar-refractivity contribution >= 4 is 11.6 Å². The van der Waals surface area contributed by atoms with Crippen molar-refractivity contribution in [3.05, 3.63) is 17.8 Å². The fourth-order valence-corrected chi connectivity index (χ4v) is 3.26. The van der Waals surface area contributed by atoms with Gasteiger partial charge in [-0.05, 0) is 31.6 Å². The van der Waals surface area contributed by atoms with E-state index in [1.807, 2.05) is 12.3 Å². The fourth-order valence-electron chi connectivity index (χ4n) is 3.26. The van der Waals surface area contributed by atoms with Gasteiger partial charge < -0.3 is 10.5 Å². The van der Waals surface area contributed by atoms with Gasteiger partial charge in [-0.3, -0.25) is 4.40 Å². The maximum absolute atomic E-state index is 11.9. The van der Waals surface area contributed by atoms with Crippen LogP contribution in [-0.4, -0.2) is 27.9 Å². The Morgan fingerprint density at radius 1 is 1.12 bits per heavy atom. The fraction of sp³-hybridized carbons (Fsp3) is 0.647. The predicted molar refractivity (Wildman–Crippen MR) is 88.6 cm³/mol. The van der Waals surface area contributed by atoms with Gasteiger partial charge in [0.1, 0.15) is 5.75 Å². The van der Waals surface area contributed by atoms with Crippen LogP contribution in [0.5, 0.6) is 5.75 Å². The molecule has 0 bridgehead atoms. The van der Waals surface area contributed by atoms with Crippen molar-refractivity contribution in [1.29, 1.82) is 0 Å². The predicted octanol–water partition coefficient (Wildman–Crippen LogP) is 4.33. The molecule has 0 spiro atoms. The van der Waals surface area contributed by atoms with E-state index < -0.39 is 12.1 Å². The zero-order chi connectivity index (χ0) is 18.0. The van der Waals surface area contributed by atoms with Gasteiger partial charge in [0, 0.05) is 17.8 Å². The molecule has 2 saturated carbocycles. The Labute approximate surface area is 144 Å². The summed E-state index contributed by atoms with van der Waals surface area (Å²) in [6.45, 7) is 0. The van der Waals surface area contributed by atoms with Crippen molar-refractivity contribution in [2.75, 3.05) is 12.8 Å². The quantitative estimate of drug-likeness (QED) is 0.870. The van der Waals surface area contributed by atoms with Crippen molar-refractivity contribution in [3.63, 3.8) is 0 Å². The minimum atomic E-state index is -3.93. The SMILES string of the molecule is COc1cc2nnc(N)n2cc1C1CC1.FC(F)(F)C1CCCCC1. The van der Waals surface area contributed by atoms with Gasteiger partial charge in [-0.2, -0.15) is 13.2 Å². The van der Waals surface area contributed by atoms with Gasteiger partial charge in [-0.1, -0.05) is 19.3 Å². The molecule has 0 radical (unpaired) electrons. The molecule has 2 aromatic heterocycles. The van der Waals surface area contributed by atoms with Crippen LogP contribution in [0.3, 0.4) is 0 Å². The van der Waals surface area contributed by atoms with Crippen LogP contribution >= 0.6 is 0 Å². The van der Waals surface area contributed by atoms with E-state index in [-0.39, 0.29) is 0 Å². The molecule has 25 heavy (non-hydrogen) atoms. The Morgan fingerprint density at radius 2 is 1.80 bits per heavy atom. The smallest absolute Gasteiger partial charge is 0.391 e. The molecule has 2 heterocycles. The van der Waals surface area contributed by atoms with E-state index >= 15 is 0 Å². The highest BCUT2D eigenvalue weighted by Gasteiger charge is 2.39. The van der Waals surface area contributed by atoms with Crippen LogP contribution in [0.1, 0.15) is 56.4 Å². The summed E-state index contributed by atoms with van der Waals surface area (Å²) in [6.07, 6.45) is 3.70. The van der Waals surface area contributed by atoms with E-state index in [1.165, 1.54) is 18.4 Å². The van der Waals surface area contributed by atoms with Crippen LogP contribution in [-0.2, 0) is 0 Å². The maximum Gasteiger partial charge on any atom is 0.391 e. The van der Waals surface area contributed by atoms with E-state index in [1.54, 1.807) is 11.5 Å². The number of alkyl halides is 3. The number of halogens is 3. The van der Waals surface area contributed by atoms with Gasteiger partial charge in [0.2, 0.25) is 5.95 Å². The van der Waals surface area contributed by atoms with Crippen molar-refractivity contribution < 1.29 is 17.9 Å². The molecule has 0 aliphatic heterocycles. The summed E-state index contributed by atoms with van der Waals surface area (Å²) >= 11 is 0. The molecule has 0 aromatic carbocycles. The molecule has 0 atom stereocenters. The first-order chi connectivity index (χ1) is 11.9. The number of aromatic nitrogens is 3. The Hall–Kier alpha value is -1.99. The standard InChI is InChI=1S/C10H12N4O.C7H11F3/c1-15-8-4-9-12-13-10(11)14(9)5-7(8)6-2-3-6;8-7(9,10)6-4-2-1-3-5-6/h4-6H,2-3H2,1H3,(H2,11,13);6H,1-5H2. The van der Waals surface area contributed by atoms with Crippen LogP contribution in [0.4, 0.5) is 19.1 Å². The third-order valence-electron chi connectivity index (χ3n) is 4.87. The summed E-state index contributed by atoms with van der Waals surface area (Å²) in [5, 5.41) is 7.78. The molecule has 0 saturated heterocycles. The number of ether oxygens (including phenoxy) is 1. The second kappa shape index (κ2) is 7.09. The Bertz CT molecular complexity index is 718. The van der Waals surface area contributed by atoms with Gasteiger partial charge in [-0.15, -0.1) is 10.2 Å². The van der Waals surface area contributed by atoms with Crippen LogP contribution in [0.2, 0.25) is 0 Å². The molecule has 2 aliphatic rings. The minimum Gasteiger partial charge on any atom is -0.496 e. The lowest BCUT2D eigenvalue weighted by Crippen LogP contribution is -2.24. The molecular formula is C17H23F3N4O. The first-order valence-electron chi connectivity index (χ1n) is 8.65. The molecule has 2 aromatic rings. The number of nitrogens with zero attached hydrogens (tertiary/aromatic N) is 3. The molecule has 8 heteroatoms. The first-order valence-corrected chi connectivity index (χ1v) is 8.65. The van der Waals surface area contributed by atoms with Crippen molar-refractivity contribution in [2.24, 2.45) is 5.92 Å². The average molecular weight is 356 g/mol.